The van der Waals surface area contributed by atoms with Gasteiger partial charge in [0.05, 0.1) is 18.7 Å². The maximum absolute atomic E-state index is 13.7. The molecule has 1 N–H and O–H groups in total. The molecule has 0 aliphatic carbocycles. The van der Waals surface area contributed by atoms with Crippen molar-refractivity contribution in [1.82, 2.24) is 4.90 Å². The lowest BCUT2D eigenvalue weighted by Gasteiger charge is -2.40. The van der Waals surface area contributed by atoms with E-state index in [0.29, 0.717) is 19.3 Å². The Labute approximate surface area is 155 Å². The highest BCUT2D eigenvalue weighted by atomic mass is 19.2. The Bertz CT molecular complexity index is 777. The SMILES string of the molecule is O=C(OCc1ccccc1)N1[C@@H](CO)CCC[C@H]1c1cc(F)c(F)c(F)c1. The second kappa shape index (κ2) is 8.43. The van der Waals surface area contributed by atoms with Gasteiger partial charge in [-0.1, -0.05) is 30.3 Å². The lowest BCUT2D eigenvalue weighted by Crippen LogP contribution is -2.47. The van der Waals surface area contributed by atoms with Crippen LogP contribution in [0.15, 0.2) is 42.5 Å². The molecular formula is C20H20F3NO3. The number of ether oxygens (including phenoxy) is 1. The predicted octanol–water partition coefficient (Wildman–Crippen LogP) is 4.33. The van der Waals surface area contributed by atoms with E-state index in [1.54, 1.807) is 12.1 Å². The van der Waals surface area contributed by atoms with Crippen molar-refractivity contribution < 1.29 is 27.8 Å². The van der Waals surface area contributed by atoms with Crippen molar-refractivity contribution in [2.75, 3.05) is 6.61 Å². The Hall–Kier alpha value is -2.54. The van der Waals surface area contributed by atoms with Crippen LogP contribution in [-0.2, 0) is 11.3 Å². The summed E-state index contributed by atoms with van der Waals surface area (Å²) in [6.45, 7) is -0.268. The van der Waals surface area contributed by atoms with Crippen LogP contribution in [-0.4, -0.2) is 28.7 Å². The highest BCUT2D eigenvalue weighted by Crippen LogP contribution is 2.36. The topological polar surface area (TPSA) is 49.8 Å². The van der Waals surface area contributed by atoms with Crippen molar-refractivity contribution in [3.8, 4) is 0 Å². The van der Waals surface area contributed by atoms with Crippen LogP contribution >= 0.6 is 0 Å². The second-order valence-corrected chi connectivity index (χ2v) is 6.53. The first-order valence-corrected chi connectivity index (χ1v) is 8.75. The summed E-state index contributed by atoms with van der Waals surface area (Å²) >= 11 is 0. The molecular weight excluding hydrogens is 359 g/mol. The maximum atomic E-state index is 13.7. The number of rotatable bonds is 4. The molecule has 2 aromatic carbocycles. The first-order valence-electron chi connectivity index (χ1n) is 8.75. The molecule has 27 heavy (non-hydrogen) atoms. The molecule has 1 aliphatic rings. The Morgan fingerprint density at radius 3 is 2.41 bits per heavy atom. The van der Waals surface area contributed by atoms with E-state index in [-0.39, 0.29) is 18.8 Å². The van der Waals surface area contributed by atoms with Crippen LogP contribution in [0.5, 0.6) is 0 Å². The smallest absolute Gasteiger partial charge is 0.410 e. The molecule has 2 aromatic rings. The molecule has 4 nitrogen and oxygen atoms in total. The van der Waals surface area contributed by atoms with Crippen LogP contribution in [0.4, 0.5) is 18.0 Å². The number of carbonyl (C=O) groups is 1. The Kier molecular flexibility index (Phi) is 6.01. The Morgan fingerprint density at radius 2 is 1.78 bits per heavy atom. The number of piperidine rings is 1. The fourth-order valence-corrected chi connectivity index (χ4v) is 3.42. The second-order valence-electron chi connectivity index (χ2n) is 6.53. The molecule has 1 aliphatic heterocycles. The molecule has 0 radical (unpaired) electrons. The third-order valence-corrected chi connectivity index (χ3v) is 4.76. The summed E-state index contributed by atoms with van der Waals surface area (Å²) in [5, 5.41) is 9.66. The number of halogens is 3. The van der Waals surface area contributed by atoms with Gasteiger partial charge in [0.25, 0.3) is 0 Å². The molecule has 1 fully saturated rings. The molecule has 0 aromatic heterocycles. The molecule has 0 bridgehead atoms. The highest BCUT2D eigenvalue weighted by molar-refractivity contribution is 5.69. The molecule has 1 heterocycles. The van der Waals surface area contributed by atoms with E-state index >= 15 is 0 Å². The van der Waals surface area contributed by atoms with Crippen LogP contribution in [0.2, 0.25) is 0 Å². The summed E-state index contributed by atoms with van der Waals surface area (Å²) in [4.78, 5) is 14.0. The average molecular weight is 379 g/mol. The van der Waals surface area contributed by atoms with E-state index in [9.17, 15) is 23.1 Å². The molecule has 7 heteroatoms. The van der Waals surface area contributed by atoms with Crippen molar-refractivity contribution in [3.63, 3.8) is 0 Å². The minimum absolute atomic E-state index is 0.0349. The molecule has 2 atom stereocenters. The van der Waals surface area contributed by atoms with Gasteiger partial charge in [0.1, 0.15) is 6.61 Å². The summed E-state index contributed by atoms with van der Waals surface area (Å²) < 4.78 is 46.0. The Balaban J connectivity index is 1.84. The van der Waals surface area contributed by atoms with Crippen LogP contribution in [0.1, 0.15) is 36.4 Å². The van der Waals surface area contributed by atoms with Crippen molar-refractivity contribution in [1.29, 1.82) is 0 Å². The van der Waals surface area contributed by atoms with Crippen LogP contribution in [0.3, 0.4) is 0 Å². The van der Waals surface area contributed by atoms with E-state index in [1.807, 2.05) is 18.2 Å². The van der Waals surface area contributed by atoms with Gasteiger partial charge in [0.2, 0.25) is 0 Å². The molecule has 1 saturated heterocycles. The summed E-state index contributed by atoms with van der Waals surface area (Å²) in [5.41, 5.74) is 0.931. The summed E-state index contributed by atoms with van der Waals surface area (Å²) in [5.74, 6) is -4.17. The summed E-state index contributed by atoms with van der Waals surface area (Å²) in [6.07, 6.45) is 0.938. The Morgan fingerprint density at radius 1 is 1.11 bits per heavy atom. The molecule has 1 amide bonds. The van der Waals surface area contributed by atoms with Crippen molar-refractivity contribution in [2.24, 2.45) is 0 Å². The van der Waals surface area contributed by atoms with Crippen molar-refractivity contribution >= 4 is 6.09 Å². The average Bonchev–Trinajstić information content (AvgIpc) is 2.70. The van der Waals surface area contributed by atoms with E-state index < -0.39 is 35.6 Å². The van der Waals surface area contributed by atoms with Gasteiger partial charge in [0, 0.05) is 0 Å². The van der Waals surface area contributed by atoms with Crippen LogP contribution in [0.25, 0.3) is 0 Å². The standard InChI is InChI=1S/C20H20F3NO3/c21-16-9-14(10-17(22)19(16)23)18-8-4-7-15(11-25)24(18)20(26)27-12-13-5-2-1-3-6-13/h1-3,5-6,9-10,15,18,25H,4,7-8,11-12H2/t15-,18+/m1/s1. The number of hydrogen-bond acceptors (Lipinski definition) is 3. The molecule has 0 spiro atoms. The lowest BCUT2D eigenvalue weighted by molar-refractivity contribution is 0.0222. The fraction of sp³-hybridized carbons (Fsp3) is 0.350. The zero-order valence-corrected chi connectivity index (χ0v) is 14.6. The van der Waals surface area contributed by atoms with Crippen LogP contribution < -0.4 is 0 Å². The fourth-order valence-electron chi connectivity index (χ4n) is 3.42. The number of amides is 1. The van der Waals surface area contributed by atoms with E-state index in [0.717, 1.165) is 17.7 Å². The van der Waals surface area contributed by atoms with E-state index in [1.165, 1.54) is 4.90 Å². The van der Waals surface area contributed by atoms with Crippen molar-refractivity contribution in [2.45, 2.75) is 38.0 Å². The molecule has 3 rings (SSSR count). The predicted molar refractivity (Wildman–Crippen MR) is 92.2 cm³/mol. The molecule has 0 saturated carbocycles. The number of carbonyl (C=O) groups excluding carboxylic acids is 1. The van der Waals surface area contributed by atoms with Gasteiger partial charge >= 0.3 is 6.09 Å². The van der Waals surface area contributed by atoms with Gasteiger partial charge in [0.15, 0.2) is 17.5 Å². The van der Waals surface area contributed by atoms with Gasteiger partial charge in [-0.15, -0.1) is 0 Å². The first-order chi connectivity index (χ1) is 13.0. The maximum Gasteiger partial charge on any atom is 0.410 e. The zero-order valence-electron chi connectivity index (χ0n) is 14.6. The number of aliphatic hydroxyl groups excluding tert-OH is 1. The quantitative estimate of drug-likeness (QED) is 0.805. The van der Waals surface area contributed by atoms with Gasteiger partial charge in [-0.25, -0.2) is 18.0 Å². The first kappa shape index (κ1) is 19.2. The summed E-state index contributed by atoms with van der Waals surface area (Å²) in [7, 11) is 0. The summed E-state index contributed by atoms with van der Waals surface area (Å²) in [6, 6.07) is 9.60. The normalized spacial score (nSPS) is 19.8. The number of hydrogen-bond donors (Lipinski definition) is 1. The van der Waals surface area contributed by atoms with Gasteiger partial charge in [-0.2, -0.15) is 0 Å². The lowest BCUT2D eigenvalue weighted by atomic mass is 9.91. The number of likely N-dealkylation sites (tertiary alicyclic amines) is 1. The molecule has 144 valence electrons. The van der Waals surface area contributed by atoms with Crippen LogP contribution in [0, 0.1) is 17.5 Å². The highest BCUT2D eigenvalue weighted by Gasteiger charge is 2.36. The van der Waals surface area contributed by atoms with E-state index in [2.05, 4.69) is 0 Å². The largest absolute Gasteiger partial charge is 0.445 e. The molecule has 0 unspecified atom stereocenters. The van der Waals surface area contributed by atoms with Gasteiger partial charge in [-0.3, -0.25) is 4.90 Å². The number of benzene rings is 2. The monoisotopic (exact) mass is 379 g/mol. The van der Waals surface area contributed by atoms with E-state index in [4.69, 9.17) is 4.74 Å². The number of nitrogens with zero attached hydrogens (tertiary/aromatic N) is 1. The minimum atomic E-state index is -1.55. The minimum Gasteiger partial charge on any atom is -0.445 e. The third kappa shape index (κ3) is 4.24. The third-order valence-electron chi connectivity index (χ3n) is 4.76. The van der Waals surface area contributed by atoms with Gasteiger partial charge < -0.3 is 9.84 Å². The van der Waals surface area contributed by atoms with Gasteiger partial charge in [-0.05, 0) is 42.5 Å². The zero-order chi connectivity index (χ0) is 19.4. The number of aliphatic hydroxyl groups is 1. The van der Waals surface area contributed by atoms with Crippen molar-refractivity contribution in [3.05, 3.63) is 71.0 Å².